The molecule has 1 aromatic rings. The summed E-state index contributed by atoms with van der Waals surface area (Å²) in [6.45, 7) is 2.33. The first kappa shape index (κ1) is 12.6. The van der Waals surface area contributed by atoms with Gasteiger partial charge in [0.25, 0.3) is 0 Å². The van der Waals surface area contributed by atoms with Crippen molar-refractivity contribution in [2.75, 3.05) is 0 Å². The van der Waals surface area contributed by atoms with Crippen molar-refractivity contribution < 1.29 is 0 Å². The molecule has 1 aromatic carbocycles. The van der Waals surface area contributed by atoms with Crippen molar-refractivity contribution in [3.05, 3.63) is 35.9 Å². The molecule has 0 spiro atoms. The minimum Gasteiger partial charge on any atom is -0.311 e. The zero-order chi connectivity index (χ0) is 11.9. The molecule has 0 bridgehead atoms. The summed E-state index contributed by atoms with van der Waals surface area (Å²) >= 11 is 0. The fourth-order valence-electron chi connectivity index (χ4n) is 2.78. The van der Waals surface area contributed by atoms with Gasteiger partial charge < -0.3 is 5.32 Å². The first-order chi connectivity index (χ1) is 8.34. The number of benzene rings is 1. The minimum atomic E-state index is 0.651. The van der Waals surface area contributed by atoms with Gasteiger partial charge in [0.15, 0.2) is 0 Å². The van der Waals surface area contributed by atoms with E-state index in [1.165, 1.54) is 50.5 Å². The Morgan fingerprint density at radius 3 is 2.53 bits per heavy atom. The Balaban J connectivity index is 1.68. The lowest BCUT2D eigenvalue weighted by molar-refractivity contribution is 0.337. The van der Waals surface area contributed by atoms with Crippen LogP contribution in [-0.4, -0.2) is 12.1 Å². The highest BCUT2D eigenvalue weighted by molar-refractivity contribution is 5.14. The average molecular weight is 231 g/mol. The number of rotatable bonds is 5. The van der Waals surface area contributed by atoms with Crippen molar-refractivity contribution in [2.24, 2.45) is 0 Å². The van der Waals surface area contributed by atoms with Crippen molar-refractivity contribution in [1.82, 2.24) is 5.32 Å². The number of hydrogen-bond donors (Lipinski definition) is 1. The first-order valence-corrected chi connectivity index (χ1v) is 7.14. The minimum absolute atomic E-state index is 0.651. The molecule has 1 heteroatoms. The Morgan fingerprint density at radius 1 is 1.12 bits per heavy atom. The Kier molecular flexibility index (Phi) is 5.06. The molecule has 1 atom stereocenters. The van der Waals surface area contributed by atoms with Gasteiger partial charge in [-0.3, -0.25) is 0 Å². The number of nitrogens with one attached hydrogen (secondary N) is 1. The number of hydrogen-bond acceptors (Lipinski definition) is 1. The van der Waals surface area contributed by atoms with Gasteiger partial charge in [0.1, 0.15) is 0 Å². The van der Waals surface area contributed by atoms with E-state index in [4.69, 9.17) is 0 Å². The van der Waals surface area contributed by atoms with Gasteiger partial charge in [-0.15, -0.1) is 0 Å². The second kappa shape index (κ2) is 6.80. The van der Waals surface area contributed by atoms with E-state index < -0.39 is 0 Å². The van der Waals surface area contributed by atoms with Crippen molar-refractivity contribution in [3.8, 4) is 0 Å². The van der Waals surface area contributed by atoms with Crippen LogP contribution in [0.1, 0.15) is 51.0 Å². The maximum atomic E-state index is 3.79. The Bertz CT molecular complexity index is 301. The highest BCUT2D eigenvalue weighted by atomic mass is 14.9. The summed E-state index contributed by atoms with van der Waals surface area (Å²) in [5.41, 5.74) is 1.46. The normalized spacial score (nSPS) is 19.1. The van der Waals surface area contributed by atoms with Crippen molar-refractivity contribution >= 4 is 0 Å². The van der Waals surface area contributed by atoms with Crippen molar-refractivity contribution in [1.29, 1.82) is 0 Å². The van der Waals surface area contributed by atoms with Gasteiger partial charge in [-0.25, -0.2) is 0 Å². The third-order valence-electron chi connectivity index (χ3n) is 3.83. The van der Waals surface area contributed by atoms with Crippen LogP contribution in [0.15, 0.2) is 30.3 Å². The van der Waals surface area contributed by atoms with Gasteiger partial charge in [0.2, 0.25) is 0 Å². The molecule has 1 aliphatic rings. The highest BCUT2D eigenvalue weighted by Crippen LogP contribution is 2.18. The quantitative estimate of drug-likeness (QED) is 0.809. The summed E-state index contributed by atoms with van der Waals surface area (Å²) in [4.78, 5) is 0. The average Bonchev–Trinajstić information content (AvgIpc) is 2.39. The monoisotopic (exact) mass is 231 g/mol. The molecule has 0 radical (unpaired) electrons. The van der Waals surface area contributed by atoms with Crippen LogP contribution >= 0.6 is 0 Å². The largest absolute Gasteiger partial charge is 0.311 e. The SMILES string of the molecule is CC(CCc1ccccc1)NC1CCCCC1. The third kappa shape index (κ3) is 4.51. The topological polar surface area (TPSA) is 12.0 Å². The lowest BCUT2D eigenvalue weighted by Gasteiger charge is -2.26. The van der Waals surface area contributed by atoms with Crippen LogP contribution in [0.5, 0.6) is 0 Å². The summed E-state index contributed by atoms with van der Waals surface area (Å²) in [5, 5.41) is 3.79. The van der Waals surface area contributed by atoms with Crippen LogP contribution in [0.3, 0.4) is 0 Å². The van der Waals surface area contributed by atoms with Crippen LogP contribution < -0.4 is 5.32 Å². The molecule has 1 N–H and O–H groups in total. The van der Waals surface area contributed by atoms with Crippen molar-refractivity contribution in [3.63, 3.8) is 0 Å². The van der Waals surface area contributed by atoms with Crippen molar-refractivity contribution in [2.45, 2.75) is 64.0 Å². The first-order valence-electron chi connectivity index (χ1n) is 7.14. The Labute approximate surface area is 106 Å². The van der Waals surface area contributed by atoms with E-state index in [0.717, 1.165) is 6.04 Å². The lowest BCUT2D eigenvalue weighted by Crippen LogP contribution is -2.38. The summed E-state index contributed by atoms with van der Waals surface area (Å²) in [7, 11) is 0. The summed E-state index contributed by atoms with van der Waals surface area (Å²) < 4.78 is 0. The Morgan fingerprint density at radius 2 is 1.82 bits per heavy atom. The highest BCUT2D eigenvalue weighted by Gasteiger charge is 2.14. The second-order valence-corrected chi connectivity index (χ2v) is 5.43. The molecule has 1 fully saturated rings. The van der Waals surface area contributed by atoms with E-state index in [1.807, 2.05) is 0 Å². The standard InChI is InChI=1S/C16H25N/c1-14(17-16-10-6-3-7-11-16)12-13-15-8-4-2-5-9-15/h2,4-5,8-9,14,16-17H,3,6-7,10-13H2,1H3. The van der Waals surface area contributed by atoms with Gasteiger partial charge in [-0.1, -0.05) is 49.6 Å². The van der Waals surface area contributed by atoms with Crippen LogP contribution in [0.4, 0.5) is 0 Å². The molecular weight excluding hydrogens is 206 g/mol. The molecule has 1 saturated carbocycles. The van der Waals surface area contributed by atoms with Crippen LogP contribution in [0.25, 0.3) is 0 Å². The zero-order valence-electron chi connectivity index (χ0n) is 11.0. The lowest BCUT2D eigenvalue weighted by atomic mass is 9.94. The van der Waals surface area contributed by atoms with E-state index in [9.17, 15) is 0 Å². The summed E-state index contributed by atoms with van der Waals surface area (Å²) in [6, 6.07) is 12.3. The van der Waals surface area contributed by atoms with Gasteiger partial charge in [0, 0.05) is 12.1 Å². The van der Waals surface area contributed by atoms with Gasteiger partial charge in [-0.2, -0.15) is 0 Å². The maximum Gasteiger partial charge on any atom is 0.00695 e. The van der Waals surface area contributed by atoms with Crippen LogP contribution in [0.2, 0.25) is 0 Å². The molecule has 1 nitrogen and oxygen atoms in total. The van der Waals surface area contributed by atoms with Gasteiger partial charge in [0.05, 0.1) is 0 Å². The van der Waals surface area contributed by atoms with Crippen LogP contribution in [0, 0.1) is 0 Å². The van der Waals surface area contributed by atoms with Gasteiger partial charge in [-0.05, 0) is 38.2 Å². The fraction of sp³-hybridized carbons (Fsp3) is 0.625. The van der Waals surface area contributed by atoms with Crippen LogP contribution in [-0.2, 0) is 6.42 Å². The fourth-order valence-corrected chi connectivity index (χ4v) is 2.78. The third-order valence-corrected chi connectivity index (χ3v) is 3.83. The molecular formula is C16H25N. The zero-order valence-corrected chi connectivity index (χ0v) is 11.0. The van der Waals surface area contributed by atoms with E-state index in [0.29, 0.717) is 6.04 Å². The molecule has 94 valence electrons. The molecule has 0 amide bonds. The molecule has 0 aromatic heterocycles. The molecule has 17 heavy (non-hydrogen) atoms. The molecule has 2 rings (SSSR count). The van der Waals surface area contributed by atoms with Gasteiger partial charge >= 0.3 is 0 Å². The molecule has 0 saturated heterocycles. The molecule has 0 heterocycles. The van der Waals surface area contributed by atoms with E-state index in [2.05, 4.69) is 42.6 Å². The smallest absolute Gasteiger partial charge is 0.00695 e. The predicted octanol–water partition coefficient (Wildman–Crippen LogP) is 3.93. The predicted molar refractivity (Wildman–Crippen MR) is 74.2 cm³/mol. The van der Waals surface area contributed by atoms with E-state index in [1.54, 1.807) is 0 Å². The Hall–Kier alpha value is -0.820. The summed E-state index contributed by atoms with van der Waals surface area (Å²) in [5.74, 6) is 0. The summed E-state index contributed by atoms with van der Waals surface area (Å²) in [6.07, 6.45) is 9.50. The van der Waals surface area contributed by atoms with E-state index >= 15 is 0 Å². The number of aryl methyl sites for hydroxylation is 1. The molecule has 0 aliphatic heterocycles. The maximum absolute atomic E-state index is 3.79. The molecule has 1 aliphatic carbocycles. The second-order valence-electron chi connectivity index (χ2n) is 5.43. The van der Waals surface area contributed by atoms with E-state index in [-0.39, 0.29) is 0 Å². The molecule has 1 unspecified atom stereocenters.